The Labute approximate surface area is 224 Å². The monoisotopic (exact) mass is 521 g/mol. The van der Waals surface area contributed by atoms with Gasteiger partial charge in [-0.15, -0.1) is 0 Å². The van der Waals surface area contributed by atoms with Gasteiger partial charge in [0, 0.05) is 32.8 Å². The largest absolute Gasteiger partial charge is 0.487 e. The SMILES string of the molecule is C[C@@H]1CN[C@@H](C2CC2)C(=O)N(C)[C@H](C)C(=O)N[C@H](Cc2ccccc2)C(=O)NCCCc2ncccc2O1. The molecule has 9 heteroatoms. The number of benzene rings is 1. The number of ether oxygens (including phenoxy) is 1. The Morgan fingerprint density at radius 1 is 1.03 bits per heavy atom. The predicted octanol–water partition coefficient (Wildman–Crippen LogP) is 1.85. The van der Waals surface area contributed by atoms with Crippen molar-refractivity contribution in [2.24, 2.45) is 5.92 Å². The van der Waals surface area contributed by atoms with Crippen molar-refractivity contribution in [3.63, 3.8) is 0 Å². The molecule has 0 bridgehead atoms. The van der Waals surface area contributed by atoms with Crippen LogP contribution in [0.15, 0.2) is 48.7 Å². The molecule has 204 valence electrons. The van der Waals surface area contributed by atoms with Crippen LogP contribution in [0.25, 0.3) is 0 Å². The van der Waals surface area contributed by atoms with Gasteiger partial charge in [0.2, 0.25) is 17.7 Å². The van der Waals surface area contributed by atoms with Crippen LogP contribution in [0.5, 0.6) is 5.75 Å². The van der Waals surface area contributed by atoms with Crippen LogP contribution in [0.4, 0.5) is 0 Å². The van der Waals surface area contributed by atoms with E-state index in [0.29, 0.717) is 38.1 Å². The molecule has 1 fully saturated rings. The van der Waals surface area contributed by atoms with E-state index in [1.54, 1.807) is 20.2 Å². The van der Waals surface area contributed by atoms with E-state index in [0.717, 1.165) is 24.1 Å². The molecule has 0 saturated heterocycles. The molecule has 1 aliphatic heterocycles. The van der Waals surface area contributed by atoms with Gasteiger partial charge in [0.05, 0.1) is 11.7 Å². The summed E-state index contributed by atoms with van der Waals surface area (Å²) in [6.07, 6.45) is 5.16. The fourth-order valence-corrected chi connectivity index (χ4v) is 4.68. The van der Waals surface area contributed by atoms with Gasteiger partial charge in [0.1, 0.15) is 23.9 Å². The van der Waals surface area contributed by atoms with Gasteiger partial charge in [-0.1, -0.05) is 30.3 Å². The molecule has 3 N–H and O–H groups in total. The number of pyridine rings is 1. The Bertz CT molecular complexity index is 1110. The molecular formula is C29H39N5O4. The second kappa shape index (κ2) is 12.9. The molecule has 1 aromatic carbocycles. The van der Waals surface area contributed by atoms with Gasteiger partial charge in [-0.25, -0.2) is 0 Å². The summed E-state index contributed by atoms with van der Waals surface area (Å²) in [7, 11) is 1.65. The van der Waals surface area contributed by atoms with Gasteiger partial charge < -0.3 is 25.6 Å². The van der Waals surface area contributed by atoms with Crippen molar-refractivity contribution in [2.75, 3.05) is 20.1 Å². The lowest BCUT2D eigenvalue weighted by Crippen LogP contribution is -2.57. The summed E-state index contributed by atoms with van der Waals surface area (Å²) in [6, 6.07) is 11.4. The van der Waals surface area contributed by atoms with Gasteiger partial charge in [-0.05, 0) is 63.1 Å². The molecule has 1 aliphatic carbocycles. The molecule has 0 radical (unpaired) electrons. The lowest BCUT2D eigenvalue weighted by atomic mass is 10.0. The zero-order valence-corrected chi connectivity index (χ0v) is 22.5. The summed E-state index contributed by atoms with van der Waals surface area (Å²) in [5.41, 5.74) is 1.77. The molecule has 2 aliphatic rings. The third-order valence-electron chi connectivity index (χ3n) is 7.27. The number of carbonyl (C=O) groups is 3. The van der Waals surface area contributed by atoms with E-state index in [1.165, 1.54) is 4.90 Å². The molecule has 3 amide bonds. The van der Waals surface area contributed by atoms with Crippen LogP contribution in [-0.4, -0.2) is 72.0 Å². The van der Waals surface area contributed by atoms with Crippen molar-refractivity contribution >= 4 is 17.7 Å². The Balaban J connectivity index is 1.56. The minimum absolute atomic E-state index is 0.130. The smallest absolute Gasteiger partial charge is 0.243 e. The van der Waals surface area contributed by atoms with E-state index in [-0.39, 0.29) is 29.7 Å². The molecule has 0 spiro atoms. The van der Waals surface area contributed by atoms with Crippen molar-refractivity contribution in [3.05, 3.63) is 59.9 Å². The molecule has 4 rings (SSSR count). The van der Waals surface area contributed by atoms with Crippen LogP contribution < -0.4 is 20.7 Å². The van der Waals surface area contributed by atoms with Crippen LogP contribution in [0.3, 0.4) is 0 Å². The van der Waals surface area contributed by atoms with Crippen LogP contribution in [0, 0.1) is 5.92 Å². The van der Waals surface area contributed by atoms with E-state index in [2.05, 4.69) is 20.9 Å². The van der Waals surface area contributed by atoms with Gasteiger partial charge in [-0.2, -0.15) is 0 Å². The highest BCUT2D eigenvalue weighted by atomic mass is 16.5. The first-order valence-electron chi connectivity index (χ1n) is 13.6. The van der Waals surface area contributed by atoms with Crippen molar-refractivity contribution in [3.8, 4) is 5.75 Å². The highest BCUT2D eigenvalue weighted by molar-refractivity contribution is 5.93. The number of likely N-dealkylation sites (N-methyl/N-ethyl adjacent to an activating group) is 1. The minimum atomic E-state index is -0.762. The lowest BCUT2D eigenvalue weighted by Gasteiger charge is -2.31. The van der Waals surface area contributed by atoms with Crippen molar-refractivity contribution in [1.29, 1.82) is 0 Å². The summed E-state index contributed by atoms with van der Waals surface area (Å²) in [5.74, 6) is 0.206. The van der Waals surface area contributed by atoms with E-state index in [1.807, 2.05) is 49.4 Å². The number of carbonyl (C=O) groups excluding carboxylic acids is 3. The van der Waals surface area contributed by atoms with Crippen LogP contribution in [-0.2, 0) is 27.2 Å². The Hall–Kier alpha value is -3.46. The fourth-order valence-electron chi connectivity index (χ4n) is 4.68. The summed E-state index contributed by atoms with van der Waals surface area (Å²) in [5, 5.41) is 9.27. The van der Waals surface area contributed by atoms with Gasteiger partial charge >= 0.3 is 0 Å². The molecule has 4 atom stereocenters. The Morgan fingerprint density at radius 3 is 2.53 bits per heavy atom. The number of fused-ring (bicyclic) bond motifs is 1. The second-order valence-electron chi connectivity index (χ2n) is 10.4. The molecule has 0 unspecified atom stereocenters. The lowest BCUT2D eigenvalue weighted by molar-refractivity contribution is -0.141. The highest BCUT2D eigenvalue weighted by Gasteiger charge is 2.39. The van der Waals surface area contributed by atoms with E-state index < -0.39 is 18.1 Å². The fraction of sp³-hybridized carbons (Fsp3) is 0.517. The van der Waals surface area contributed by atoms with Gasteiger partial charge in [0.25, 0.3) is 0 Å². The zero-order valence-electron chi connectivity index (χ0n) is 22.5. The minimum Gasteiger partial charge on any atom is -0.487 e. The normalized spacial score (nSPS) is 26.3. The summed E-state index contributed by atoms with van der Waals surface area (Å²) in [4.78, 5) is 45.9. The maximum atomic E-state index is 13.5. The number of aromatic nitrogens is 1. The number of aryl methyl sites for hydroxylation is 1. The Kier molecular flexibility index (Phi) is 9.33. The average Bonchev–Trinajstić information content (AvgIpc) is 3.76. The number of hydrogen-bond donors (Lipinski definition) is 3. The molecule has 2 heterocycles. The zero-order chi connectivity index (χ0) is 27.1. The van der Waals surface area contributed by atoms with Gasteiger partial charge in [0.15, 0.2) is 0 Å². The number of nitrogens with one attached hydrogen (secondary N) is 3. The molecule has 1 aromatic heterocycles. The molecule has 9 nitrogen and oxygen atoms in total. The van der Waals surface area contributed by atoms with Crippen LogP contribution >= 0.6 is 0 Å². The summed E-state index contributed by atoms with van der Waals surface area (Å²) in [6.45, 7) is 4.58. The first-order valence-corrected chi connectivity index (χ1v) is 13.6. The molecule has 38 heavy (non-hydrogen) atoms. The standard InChI is InChI=1S/C29H39N5O4/c1-19-18-32-26(22-13-14-22)29(37)34(3)20(2)27(35)33-24(17-21-9-5-4-6-10-21)28(36)31-16-7-11-23-25(38-19)12-8-15-30-23/h4-6,8-10,12,15,19-20,22,24,26,32H,7,11,13-14,16-18H2,1-3H3,(H,31,36)(H,33,35)/t19-,20-,24-,26+/m1/s1. The van der Waals surface area contributed by atoms with Crippen molar-refractivity contribution in [2.45, 2.75) is 70.2 Å². The molecule has 2 aromatic rings. The van der Waals surface area contributed by atoms with Crippen molar-refractivity contribution < 1.29 is 19.1 Å². The van der Waals surface area contributed by atoms with Crippen molar-refractivity contribution in [1.82, 2.24) is 25.8 Å². The second-order valence-corrected chi connectivity index (χ2v) is 10.4. The maximum absolute atomic E-state index is 13.5. The third-order valence-corrected chi connectivity index (χ3v) is 7.27. The van der Waals surface area contributed by atoms with E-state index in [4.69, 9.17) is 4.74 Å². The van der Waals surface area contributed by atoms with Gasteiger partial charge in [-0.3, -0.25) is 19.4 Å². The maximum Gasteiger partial charge on any atom is 0.243 e. The highest BCUT2D eigenvalue weighted by Crippen LogP contribution is 2.33. The van der Waals surface area contributed by atoms with E-state index in [9.17, 15) is 14.4 Å². The van der Waals surface area contributed by atoms with Crippen LogP contribution in [0.2, 0.25) is 0 Å². The number of amides is 3. The Morgan fingerprint density at radius 2 is 1.79 bits per heavy atom. The summed E-state index contributed by atoms with van der Waals surface area (Å²) >= 11 is 0. The predicted molar refractivity (Wildman–Crippen MR) is 144 cm³/mol. The molecular weight excluding hydrogens is 482 g/mol. The first kappa shape index (κ1) is 27.6. The number of hydrogen-bond acceptors (Lipinski definition) is 6. The third kappa shape index (κ3) is 7.31. The average molecular weight is 522 g/mol. The quantitative estimate of drug-likeness (QED) is 0.568. The number of nitrogens with zero attached hydrogens (tertiary/aromatic N) is 2. The number of rotatable bonds is 3. The first-order chi connectivity index (χ1) is 18.3. The topological polar surface area (TPSA) is 113 Å². The van der Waals surface area contributed by atoms with Crippen LogP contribution in [0.1, 0.15) is 44.4 Å². The summed E-state index contributed by atoms with van der Waals surface area (Å²) < 4.78 is 6.19. The van der Waals surface area contributed by atoms with E-state index >= 15 is 0 Å². The molecule has 1 saturated carbocycles.